The number of pyridine rings is 1. The van der Waals surface area contributed by atoms with Crippen molar-refractivity contribution in [3.8, 4) is 0 Å². The van der Waals surface area contributed by atoms with Gasteiger partial charge in [-0.25, -0.2) is 9.59 Å². The fourth-order valence-corrected chi connectivity index (χ4v) is 2.88. The van der Waals surface area contributed by atoms with Crippen LogP contribution in [0.3, 0.4) is 0 Å². The van der Waals surface area contributed by atoms with E-state index in [1.54, 1.807) is 4.90 Å². The molecule has 2 heterocycles. The SMILES string of the molecule is O=C(O)c1ccnc2c1CN(C(=O)NCCc1ccccc1)CC2. The van der Waals surface area contributed by atoms with Crippen molar-refractivity contribution in [1.29, 1.82) is 0 Å². The van der Waals surface area contributed by atoms with Crippen LogP contribution in [-0.4, -0.2) is 40.1 Å². The van der Waals surface area contributed by atoms with Crippen LogP contribution >= 0.6 is 0 Å². The first-order valence-electron chi connectivity index (χ1n) is 7.92. The number of carboxylic acids is 1. The second kappa shape index (κ2) is 7.12. The largest absolute Gasteiger partial charge is 0.478 e. The van der Waals surface area contributed by atoms with Gasteiger partial charge >= 0.3 is 12.0 Å². The van der Waals surface area contributed by atoms with Crippen molar-refractivity contribution >= 4 is 12.0 Å². The van der Waals surface area contributed by atoms with E-state index < -0.39 is 5.97 Å². The molecule has 1 aromatic heterocycles. The smallest absolute Gasteiger partial charge is 0.336 e. The number of aromatic nitrogens is 1. The fourth-order valence-electron chi connectivity index (χ4n) is 2.88. The van der Waals surface area contributed by atoms with Gasteiger partial charge in [0.15, 0.2) is 0 Å². The summed E-state index contributed by atoms with van der Waals surface area (Å²) >= 11 is 0. The van der Waals surface area contributed by atoms with Crippen LogP contribution in [0.15, 0.2) is 42.6 Å². The number of amides is 2. The van der Waals surface area contributed by atoms with Gasteiger partial charge in [-0.05, 0) is 18.1 Å². The normalized spacial score (nSPS) is 13.2. The van der Waals surface area contributed by atoms with Gasteiger partial charge in [0.05, 0.1) is 12.1 Å². The van der Waals surface area contributed by atoms with Gasteiger partial charge in [-0.1, -0.05) is 30.3 Å². The number of hydrogen-bond donors (Lipinski definition) is 2. The third kappa shape index (κ3) is 3.53. The number of benzene rings is 1. The van der Waals surface area contributed by atoms with Crippen molar-refractivity contribution in [3.63, 3.8) is 0 Å². The molecule has 1 aromatic carbocycles. The van der Waals surface area contributed by atoms with Crippen molar-refractivity contribution in [2.24, 2.45) is 0 Å². The zero-order valence-electron chi connectivity index (χ0n) is 13.2. The third-order valence-electron chi connectivity index (χ3n) is 4.16. The number of rotatable bonds is 4. The van der Waals surface area contributed by atoms with Gasteiger partial charge in [0.2, 0.25) is 0 Å². The Bertz CT molecular complexity index is 746. The summed E-state index contributed by atoms with van der Waals surface area (Å²) in [4.78, 5) is 29.5. The van der Waals surface area contributed by atoms with Crippen LogP contribution in [0.25, 0.3) is 0 Å². The number of urea groups is 1. The Labute approximate surface area is 140 Å². The maximum absolute atomic E-state index is 12.3. The number of aromatic carboxylic acids is 1. The molecule has 6 nitrogen and oxygen atoms in total. The highest BCUT2D eigenvalue weighted by atomic mass is 16.4. The van der Waals surface area contributed by atoms with Crippen molar-refractivity contribution in [3.05, 3.63) is 65.0 Å². The molecular formula is C18H19N3O3. The van der Waals surface area contributed by atoms with Crippen molar-refractivity contribution in [1.82, 2.24) is 15.2 Å². The Morgan fingerprint density at radius 2 is 2.00 bits per heavy atom. The van der Waals surface area contributed by atoms with E-state index in [4.69, 9.17) is 0 Å². The molecule has 2 amide bonds. The lowest BCUT2D eigenvalue weighted by molar-refractivity contribution is 0.0693. The highest BCUT2D eigenvalue weighted by Crippen LogP contribution is 2.21. The molecule has 1 aliphatic rings. The highest BCUT2D eigenvalue weighted by Gasteiger charge is 2.25. The molecule has 24 heavy (non-hydrogen) atoms. The monoisotopic (exact) mass is 325 g/mol. The maximum atomic E-state index is 12.3. The first kappa shape index (κ1) is 16.0. The minimum atomic E-state index is -0.986. The number of carboxylic acid groups (broad SMARTS) is 1. The van der Waals surface area contributed by atoms with Gasteiger partial charge in [0, 0.05) is 37.0 Å². The summed E-state index contributed by atoms with van der Waals surface area (Å²) in [6.07, 6.45) is 2.85. The van der Waals surface area contributed by atoms with E-state index in [1.807, 2.05) is 30.3 Å². The molecule has 0 saturated heterocycles. The molecule has 1 aliphatic heterocycles. The Balaban J connectivity index is 1.60. The Morgan fingerprint density at radius 3 is 2.75 bits per heavy atom. The van der Waals surface area contributed by atoms with Gasteiger partial charge in [-0.2, -0.15) is 0 Å². The summed E-state index contributed by atoms with van der Waals surface area (Å²) in [5.41, 5.74) is 2.79. The number of nitrogens with one attached hydrogen (secondary N) is 1. The van der Waals surface area contributed by atoms with Gasteiger partial charge < -0.3 is 15.3 Å². The average molecular weight is 325 g/mol. The maximum Gasteiger partial charge on any atom is 0.336 e. The Morgan fingerprint density at radius 1 is 1.21 bits per heavy atom. The highest BCUT2D eigenvalue weighted by molar-refractivity contribution is 5.89. The predicted molar refractivity (Wildman–Crippen MR) is 88.9 cm³/mol. The van der Waals surface area contributed by atoms with Gasteiger partial charge in [0.25, 0.3) is 0 Å². The number of nitrogens with zero attached hydrogens (tertiary/aromatic N) is 2. The molecule has 2 N–H and O–H groups in total. The van der Waals surface area contributed by atoms with Crippen LogP contribution in [-0.2, 0) is 19.4 Å². The fraction of sp³-hybridized carbons (Fsp3) is 0.278. The van der Waals surface area contributed by atoms with E-state index in [2.05, 4.69) is 10.3 Å². The number of hydrogen-bond acceptors (Lipinski definition) is 3. The summed E-state index contributed by atoms with van der Waals surface area (Å²) in [6.45, 7) is 1.37. The summed E-state index contributed by atoms with van der Waals surface area (Å²) < 4.78 is 0. The molecule has 0 atom stereocenters. The Kier molecular flexibility index (Phi) is 4.74. The van der Waals surface area contributed by atoms with Gasteiger partial charge in [-0.15, -0.1) is 0 Å². The molecule has 0 spiro atoms. The van der Waals surface area contributed by atoms with Crippen LogP contribution in [0.2, 0.25) is 0 Å². The number of carbonyl (C=O) groups excluding carboxylic acids is 1. The lowest BCUT2D eigenvalue weighted by Gasteiger charge is -2.29. The van der Waals surface area contributed by atoms with Crippen LogP contribution in [0, 0.1) is 0 Å². The molecule has 0 saturated carbocycles. The van der Waals surface area contributed by atoms with E-state index in [0.29, 0.717) is 25.1 Å². The van der Waals surface area contributed by atoms with Gasteiger partial charge in [-0.3, -0.25) is 4.98 Å². The Hall–Kier alpha value is -2.89. The van der Waals surface area contributed by atoms with Crippen LogP contribution < -0.4 is 5.32 Å². The lowest BCUT2D eigenvalue weighted by atomic mass is 10.0. The molecule has 0 unspecified atom stereocenters. The van der Waals surface area contributed by atoms with E-state index >= 15 is 0 Å². The molecule has 0 radical (unpaired) electrons. The van der Waals surface area contributed by atoms with E-state index in [0.717, 1.165) is 12.1 Å². The number of carbonyl (C=O) groups is 2. The molecule has 0 bridgehead atoms. The molecule has 6 heteroatoms. The molecule has 2 aromatic rings. The number of fused-ring (bicyclic) bond motifs is 1. The average Bonchev–Trinajstić information content (AvgIpc) is 2.61. The molecule has 3 rings (SSSR count). The van der Waals surface area contributed by atoms with Crippen LogP contribution in [0.5, 0.6) is 0 Å². The predicted octanol–water partition coefficient (Wildman–Crippen LogP) is 2.09. The zero-order chi connectivity index (χ0) is 16.9. The molecule has 124 valence electrons. The zero-order valence-corrected chi connectivity index (χ0v) is 13.2. The minimum absolute atomic E-state index is 0.170. The first-order valence-corrected chi connectivity index (χ1v) is 7.92. The van der Waals surface area contributed by atoms with E-state index in [1.165, 1.54) is 17.8 Å². The summed E-state index contributed by atoms with van der Waals surface area (Å²) in [7, 11) is 0. The quantitative estimate of drug-likeness (QED) is 0.902. The molecule has 0 aliphatic carbocycles. The first-order chi connectivity index (χ1) is 11.6. The second-order valence-electron chi connectivity index (χ2n) is 5.73. The van der Waals surface area contributed by atoms with Crippen molar-refractivity contribution in [2.75, 3.05) is 13.1 Å². The summed E-state index contributed by atoms with van der Waals surface area (Å²) in [6, 6.07) is 11.3. The summed E-state index contributed by atoms with van der Waals surface area (Å²) in [5, 5.41) is 12.2. The van der Waals surface area contributed by atoms with E-state index in [9.17, 15) is 14.7 Å². The van der Waals surface area contributed by atoms with Crippen molar-refractivity contribution < 1.29 is 14.7 Å². The molecular weight excluding hydrogens is 306 g/mol. The van der Waals surface area contributed by atoms with Gasteiger partial charge in [0.1, 0.15) is 0 Å². The minimum Gasteiger partial charge on any atom is -0.478 e. The topological polar surface area (TPSA) is 82.5 Å². The van der Waals surface area contributed by atoms with Crippen LogP contribution in [0.1, 0.15) is 27.2 Å². The summed E-state index contributed by atoms with van der Waals surface area (Å²) in [5.74, 6) is -0.986. The van der Waals surface area contributed by atoms with Crippen molar-refractivity contribution in [2.45, 2.75) is 19.4 Å². The third-order valence-corrected chi connectivity index (χ3v) is 4.16. The molecule has 0 fully saturated rings. The van der Waals surface area contributed by atoms with E-state index in [-0.39, 0.29) is 18.1 Å². The standard InChI is InChI=1S/C18H19N3O3/c22-17(23)14-7-10-19-16-8-11-21(12-15(14)16)18(24)20-9-6-13-4-2-1-3-5-13/h1-5,7,10H,6,8-9,11-12H2,(H,20,24)(H,22,23). The lowest BCUT2D eigenvalue weighted by Crippen LogP contribution is -2.44. The second-order valence-corrected chi connectivity index (χ2v) is 5.73. The van der Waals surface area contributed by atoms with Crippen LogP contribution in [0.4, 0.5) is 4.79 Å².